The monoisotopic (exact) mass is 407 g/mol. The molecule has 28 heavy (non-hydrogen) atoms. The Morgan fingerprint density at radius 1 is 1.18 bits per heavy atom. The van der Waals surface area contributed by atoms with Crippen LogP contribution in [0.5, 0.6) is 0 Å². The number of rotatable bonds is 5. The number of hydrazine groups is 1. The topological polar surface area (TPSA) is 94.7 Å². The van der Waals surface area contributed by atoms with Gasteiger partial charge in [0.25, 0.3) is 0 Å². The molecule has 11 heteroatoms. The molecule has 2 aliphatic heterocycles. The Morgan fingerprint density at radius 3 is 2.57 bits per heavy atom. The van der Waals surface area contributed by atoms with Crippen molar-refractivity contribution < 1.29 is 27.5 Å². The fourth-order valence-electron chi connectivity index (χ4n) is 4.03. The van der Waals surface area contributed by atoms with E-state index in [2.05, 4.69) is 26.4 Å². The van der Waals surface area contributed by atoms with E-state index in [1.807, 2.05) is 0 Å². The minimum Gasteiger partial charge on any atom is -0.466 e. The normalized spacial score (nSPS) is 39.5. The van der Waals surface area contributed by atoms with Crippen molar-refractivity contribution in [3.05, 3.63) is 0 Å². The first-order valence-corrected chi connectivity index (χ1v) is 9.77. The van der Waals surface area contributed by atoms with Crippen LogP contribution in [0.3, 0.4) is 0 Å². The molecule has 0 aromatic heterocycles. The van der Waals surface area contributed by atoms with Crippen LogP contribution >= 0.6 is 0 Å². The maximum absolute atomic E-state index is 14.4. The number of hydrogen-bond acceptors (Lipinski definition) is 7. The second-order valence-corrected chi connectivity index (χ2v) is 7.43. The van der Waals surface area contributed by atoms with Crippen molar-refractivity contribution in [2.75, 3.05) is 26.4 Å². The third-order valence-electron chi connectivity index (χ3n) is 5.58. The van der Waals surface area contributed by atoms with E-state index in [-0.39, 0.29) is 12.8 Å². The van der Waals surface area contributed by atoms with E-state index in [1.54, 1.807) is 0 Å². The summed E-state index contributed by atoms with van der Waals surface area (Å²) in [6, 6.07) is -2.30. The second-order valence-electron chi connectivity index (χ2n) is 7.43. The van der Waals surface area contributed by atoms with Crippen molar-refractivity contribution >= 4 is 11.9 Å². The molecule has 0 aromatic carbocycles. The van der Waals surface area contributed by atoms with Crippen LogP contribution in [-0.4, -0.2) is 79.9 Å². The first kappa shape index (κ1) is 21.3. The van der Waals surface area contributed by atoms with Gasteiger partial charge in [0.05, 0.1) is 18.8 Å². The van der Waals surface area contributed by atoms with E-state index in [0.29, 0.717) is 12.8 Å². The summed E-state index contributed by atoms with van der Waals surface area (Å²) in [7, 11) is 0. The van der Waals surface area contributed by atoms with Gasteiger partial charge < -0.3 is 15.4 Å². The van der Waals surface area contributed by atoms with Gasteiger partial charge in [-0.1, -0.05) is 0 Å². The van der Waals surface area contributed by atoms with Crippen molar-refractivity contribution in [3.8, 4) is 0 Å². The standard InChI is InChI=1S/C17H28F3N5O3/c1-2-28-17(27)13-9(18)7-10(19)14(20)15(13)22-16(26)11-3-4-12(24-23-11)25-6-5-21-8-25/h9-15,21,23-24H,2-8H2,1H3,(H,22,26). The van der Waals surface area contributed by atoms with E-state index in [9.17, 15) is 22.8 Å². The molecule has 0 aromatic rings. The van der Waals surface area contributed by atoms with E-state index in [1.165, 1.54) is 6.92 Å². The van der Waals surface area contributed by atoms with Gasteiger partial charge in [-0.05, 0) is 19.8 Å². The van der Waals surface area contributed by atoms with Crippen molar-refractivity contribution in [3.63, 3.8) is 0 Å². The van der Waals surface area contributed by atoms with E-state index in [0.717, 1.165) is 19.8 Å². The number of carbonyl (C=O) groups is 2. The van der Waals surface area contributed by atoms with Gasteiger partial charge in [0.2, 0.25) is 5.91 Å². The number of carbonyl (C=O) groups excluding carboxylic acids is 2. The fraction of sp³-hybridized carbons (Fsp3) is 0.882. The Hall–Kier alpha value is -1.43. The summed E-state index contributed by atoms with van der Waals surface area (Å²) in [5.74, 6) is -3.13. The zero-order valence-electron chi connectivity index (χ0n) is 15.8. The number of nitrogens with one attached hydrogen (secondary N) is 4. The summed E-state index contributed by atoms with van der Waals surface area (Å²) >= 11 is 0. The van der Waals surface area contributed by atoms with Gasteiger partial charge in [0, 0.05) is 26.2 Å². The quantitative estimate of drug-likeness (QED) is 0.457. The van der Waals surface area contributed by atoms with Crippen LogP contribution in [0, 0.1) is 5.92 Å². The van der Waals surface area contributed by atoms with E-state index in [4.69, 9.17) is 4.74 Å². The molecule has 3 rings (SSSR count). The third-order valence-corrected chi connectivity index (χ3v) is 5.58. The number of alkyl halides is 3. The van der Waals surface area contributed by atoms with Crippen LogP contribution in [0.4, 0.5) is 13.2 Å². The molecule has 4 N–H and O–H groups in total. The minimum absolute atomic E-state index is 0.0143. The predicted octanol–water partition coefficient (Wildman–Crippen LogP) is -0.486. The molecular weight excluding hydrogens is 379 g/mol. The zero-order valence-corrected chi connectivity index (χ0v) is 15.8. The van der Waals surface area contributed by atoms with Crippen LogP contribution in [0.1, 0.15) is 26.2 Å². The van der Waals surface area contributed by atoms with Crippen molar-refractivity contribution in [2.24, 2.45) is 5.92 Å². The summed E-state index contributed by atoms with van der Waals surface area (Å²) in [6.07, 6.45) is -5.72. The summed E-state index contributed by atoms with van der Waals surface area (Å²) < 4.78 is 47.4. The first-order chi connectivity index (χ1) is 13.4. The molecule has 3 aliphatic rings. The lowest BCUT2D eigenvalue weighted by Gasteiger charge is -2.39. The average molecular weight is 407 g/mol. The molecule has 0 radical (unpaired) electrons. The average Bonchev–Trinajstić information content (AvgIpc) is 3.21. The number of nitrogens with zero attached hydrogens (tertiary/aromatic N) is 1. The minimum atomic E-state index is -2.18. The molecule has 8 nitrogen and oxygen atoms in total. The fourth-order valence-corrected chi connectivity index (χ4v) is 4.03. The first-order valence-electron chi connectivity index (χ1n) is 9.77. The molecule has 7 unspecified atom stereocenters. The molecule has 1 amide bonds. The van der Waals surface area contributed by atoms with E-state index >= 15 is 0 Å². The van der Waals surface area contributed by atoms with Gasteiger partial charge >= 0.3 is 5.97 Å². The molecule has 1 saturated carbocycles. The van der Waals surface area contributed by atoms with Gasteiger partial charge in [0.15, 0.2) is 6.17 Å². The Balaban J connectivity index is 1.60. The van der Waals surface area contributed by atoms with Gasteiger partial charge in [-0.3, -0.25) is 14.5 Å². The molecule has 1 aliphatic carbocycles. The Bertz CT molecular complexity index is 558. The number of hydrogen-bond donors (Lipinski definition) is 4. The highest BCUT2D eigenvalue weighted by molar-refractivity contribution is 5.83. The van der Waals surface area contributed by atoms with Crippen LogP contribution in [0.15, 0.2) is 0 Å². The third kappa shape index (κ3) is 4.58. The van der Waals surface area contributed by atoms with Gasteiger partial charge in [-0.2, -0.15) is 0 Å². The van der Waals surface area contributed by atoms with Crippen LogP contribution in [0.25, 0.3) is 0 Å². The molecule has 7 atom stereocenters. The SMILES string of the molecule is CCOC(=O)C1C(F)CC(F)C(F)C1NC(=O)C1CCC(N2CCNC2)NN1. The number of ether oxygens (including phenoxy) is 1. The Labute approximate surface area is 161 Å². The van der Waals surface area contributed by atoms with Gasteiger partial charge in [0.1, 0.15) is 24.3 Å². The molecule has 2 saturated heterocycles. The lowest BCUT2D eigenvalue weighted by Crippen LogP contribution is -2.65. The van der Waals surface area contributed by atoms with Crippen LogP contribution in [-0.2, 0) is 14.3 Å². The Kier molecular flexibility index (Phi) is 7.13. The zero-order chi connectivity index (χ0) is 20.3. The lowest BCUT2D eigenvalue weighted by molar-refractivity contribution is -0.156. The number of esters is 1. The Morgan fingerprint density at radius 2 is 1.96 bits per heavy atom. The second kappa shape index (κ2) is 9.38. The maximum Gasteiger partial charge on any atom is 0.314 e. The molecule has 0 spiro atoms. The van der Waals surface area contributed by atoms with E-state index < -0.39 is 54.8 Å². The molecular formula is C17H28F3N5O3. The highest BCUT2D eigenvalue weighted by Gasteiger charge is 2.51. The van der Waals surface area contributed by atoms with Crippen LogP contribution in [0.2, 0.25) is 0 Å². The molecule has 160 valence electrons. The van der Waals surface area contributed by atoms with Gasteiger partial charge in [-0.15, -0.1) is 0 Å². The van der Waals surface area contributed by atoms with Crippen molar-refractivity contribution in [2.45, 2.75) is 63.0 Å². The molecule has 3 fully saturated rings. The van der Waals surface area contributed by atoms with Crippen molar-refractivity contribution in [1.29, 1.82) is 0 Å². The van der Waals surface area contributed by atoms with Crippen LogP contribution < -0.4 is 21.5 Å². The summed E-state index contributed by atoms with van der Waals surface area (Å²) in [5.41, 5.74) is 5.94. The van der Waals surface area contributed by atoms with Gasteiger partial charge in [-0.25, -0.2) is 24.0 Å². The number of halogens is 3. The highest BCUT2D eigenvalue weighted by Crippen LogP contribution is 2.33. The lowest BCUT2D eigenvalue weighted by atomic mass is 9.80. The largest absolute Gasteiger partial charge is 0.466 e. The number of amides is 1. The highest BCUT2D eigenvalue weighted by atomic mass is 19.2. The summed E-state index contributed by atoms with van der Waals surface area (Å²) in [5, 5.41) is 5.57. The summed E-state index contributed by atoms with van der Waals surface area (Å²) in [6.45, 7) is 4.05. The predicted molar refractivity (Wildman–Crippen MR) is 94.0 cm³/mol. The smallest absolute Gasteiger partial charge is 0.314 e. The maximum atomic E-state index is 14.4. The molecule has 0 bridgehead atoms. The summed E-state index contributed by atoms with van der Waals surface area (Å²) in [4.78, 5) is 26.8. The molecule has 2 heterocycles. The van der Waals surface area contributed by atoms with Crippen molar-refractivity contribution in [1.82, 2.24) is 26.4 Å².